The van der Waals surface area contributed by atoms with E-state index in [-0.39, 0.29) is 0 Å². The van der Waals surface area contributed by atoms with Crippen molar-refractivity contribution in [1.82, 2.24) is 4.90 Å². The summed E-state index contributed by atoms with van der Waals surface area (Å²) in [4.78, 5) is 2.29. The first kappa shape index (κ1) is 7.89. The van der Waals surface area contributed by atoms with Crippen LogP contribution in [0.2, 0.25) is 0 Å². The molecule has 1 aliphatic rings. The Morgan fingerprint density at radius 2 is 2.20 bits per heavy atom. The number of nitrogens with zero attached hydrogens (tertiary/aromatic N) is 1. The summed E-state index contributed by atoms with van der Waals surface area (Å²) in [6.45, 7) is 4.67. The molecule has 1 aliphatic heterocycles. The number of morpholine rings is 1. The highest BCUT2D eigenvalue weighted by Gasteiger charge is 2.06. The molecule has 1 saturated heterocycles. The summed E-state index contributed by atoms with van der Waals surface area (Å²) in [7, 11) is 0. The third-order valence-electron chi connectivity index (χ3n) is 1.54. The summed E-state index contributed by atoms with van der Waals surface area (Å²) in [5.41, 5.74) is 0. The van der Waals surface area contributed by atoms with E-state index in [2.05, 4.69) is 22.1 Å². The molecule has 10 heavy (non-hydrogen) atoms. The van der Waals surface area contributed by atoms with Crippen LogP contribution in [0.1, 0.15) is 0 Å². The van der Waals surface area contributed by atoms with Gasteiger partial charge in [-0.05, 0) is 23.3 Å². The molecule has 0 bridgehead atoms. The van der Waals surface area contributed by atoms with Gasteiger partial charge in [-0.3, -0.25) is 4.90 Å². The van der Waals surface area contributed by atoms with Crippen LogP contribution in [0.5, 0.6) is 0 Å². The Hall–Kier alpha value is -0.210. The zero-order valence-corrected chi connectivity index (χ0v) is 6.69. The van der Waals surface area contributed by atoms with E-state index in [1.807, 2.05) is 6.08 Å². The fraction of sp³-hybridized carbons (Fsp3) is 0.714. The van der Waals surface area contributed by atoms with Gasteiger partial charge >= 0.3 is 0 Å². The molecule has 0 atom stereocenters. The largest absolute Gasteiger partial charge is 0.379 e. The molecule has 0 radical (unpaired) electrons. The van der Waals surface area contributed by atoms with Crippen molar-refractivity contribution >= 4 is 17.2 Å². The average molecular weight is 157 g/mol. The molecule has 0 amide bonds. The zero-order valence-electron chi connectivity index (χ0n) is 5.88. The maximum atomic E-state index is 5.18. The van der Waals surface area contributed by atoms with Crippen molar-refractivity contribution in [1.29, 1.82) is 0 Å². The molecule has 1 fully saturated rings. The van der Waals surface area contributed by atoms with Crippen molar-refractivity contribution in [2.24, 2.45) is 0 Å². The van der Waals surface area contributed by atoms with E-state index in [1.165, 1.54) is 0 Å². The molecular formula is C7H11NOS. The van der Waals surface area contributed by atoms with Gasteiger partial charge in [-0.2, -0.15) is 0 Å². The second-order valence-electron chi connectivity index (χ2n) is 2.23. The lowest BCUT2D eigenvalue weighted by atomic mass is 10.4. The fourth-order valence-corrected chi connectivity index (χ4v) is 1.02. The third kappa shape index (κ3) is 2.58. The van der Waals surface area contributed by atoms with Crippen molar-refractivity contribution in [3.05, 3.63) is 6.08 Å². The summed E-state index contributed by atoms with van der Waals surface area (Å²) in [6, 6.07) is 0. The topological polar surface area (TPSA) is 12.5 Å². The highest BCUT2D eigenvalue weighted by molar-refractivity contribution is 7.78. The standard InChI is InChI=1S/C7H11NOS/c10-7-1-2-8-3-5-9-6-4-8/h1H,2-6H2. The van der Waals surface area contributed by atoms with Gasteiger partial charge in [-0.15, -0.1) is 0 Å². The minimum Gasteiger partial charge on any atom is -0.379 e. The lowest BCUT2D eigenvalue weighted by molar-refractivity contribution is 0.0435. The van der Waals surface area contributed by atoms with E-state index in [4.69, 9.17) is 4.74 Å². The molecule has 0 aromatic carbocycles. The highest BCUT2D eigenvalue weighted by atomic mass is 32.1. The number of hydrogen-bond acceptors (Lipinski definition) is 3. The van der Waals surface area contributed by atoms with Crippen LogP contribution in [0.4, 0.5) is 0 Å². The fourth-order valence-electron chi connectivity index (χ4n) is 0.950. The van der Waals surface area contributed by atoms with Crippen LogP contribution in [0.25, 0.3) is 0 Å². The Morgan fingerprint density at radius 1 is 1.50 bits per heavy atom. The SMILES string of the molecule is S=C=CCN1CCOCC1. The maximum Gasteiger partial charge on any atom is 0.0594 e. The van der Waals surface area contributed by atoms with Gasteiger partial charge in [0.05, 0.1) is 13.2 Å². The number of hydrogen-bond donors (Lipinski definition) is 0. The first-order valence-electron chi connectivity index (χ1n) is 3.43. The van der Waals surface area contributed by atoms with Crippen molar-refractivity contribution in [2.45, 2.75) is 0 Å². The molecule has 2 nitrogen and oxygen atoms in total. The Balaban J connectivity index is 2.19. The molecule has 0 unspecified atom stereocenters. The summed E-state index contributed by atoms with van der Waals surface area (Å²) >= 11 is 4.56. The molecule has 0 saturated carbocycles. The van der Waals surface area contributed by atoms with Crippen molar-refractivity contribution in [3.8, 4) is 0 Å². The van der Waals surface area contributed by atoms with Gasteiger partial charge < -0.3 is 4.74 Å². The van der Waals surface area contributed by atoms with E-state index in [1.54, 1.807) is 0 Å². The Morgan fingerprint density at radius 3 is 2.80 bits per heavy atom. The van der Waals surface area contributed by atoms with Gasteiger partial charge in [0, 0.05) is 19.6 Å². The Bertz CT molecular complexity index is 137. The predicted octanol–water partition coefficient (Wildman–Crippen LogP) is 0.473. The second kappa shape index (κ2) is 4.58. The molecule has 1 rings (SSSR count). The minimum absolute atomic E-state index is 0.852. The number of thiocarbonyl (C=S) groups is 1. The average Bonchev–Trinajstić information content (AvgIpc) is 2.03. The predicted molar refractivity (Wildman–Crippen MR) is 44.4 cm³/mol. The molecule has 0 spiro atoms. The molecule has 1 heterocycles. The van der Waals surface area contributed by atoms with Crippen LogP contribution >= 0.6 is 12.2 Å². The van der Waals surface area contributed by atoms with Crippen molar-refractivity contribution in [3.63, 3.8) is 0 Å². The van der Waals surface area contributed by atoms with Crippen LogP contribution in [0.3, 0.4) is 0 Å². The molecule has 0 aromatic rings. The molecule has 0 aromatic heterocycles. The van der Waals surface area contributed by atoms with Gasteiger partial charge in [0.2, 0.25) is 0 Å². The molecule has 0 aliphatic carbocycles. The molecular weight excluding hydrogens is 146 g/mol. The number of ether oxygens (including phenoxy) is 1. The first-order chi connectivity index (χ1) is 4.93. The summed E-state index contributed by atoms with van der Waals surface area (Å²) in [5, 5.41) is 2.59. The lowest BCUT2D eigenvalue weighted by Gasteiger charge is -2.24. The maximum absolute atomic E-state index is 5.18. The smallest absolute Gasteiger partial charge is 0.0594 e. The van der Waals surface area contributed by atoms with E-state index < -0.39 is 0 Å². The van der Waals surface area contributed by atoms with Crippen LogP contribution < -0.4 is 0 Å². The number of rotatable bonds is 2. The Kier molecular flexibility index (Phi) is 3.62. The van der Waals surface area contributed by atoms with E-state index >= 15 is 0 Å². The first-order valence-corrected chi connectivity index (χ1v) is 3.84. The van der Waals surface area contributed by atoms with Crippen molar-refractivity contribution in [2.75, 3.05) is 32.8 Å². The normalized spacial score (nSPS) is 20.0. The molecule has 0 N–H and O–H groups in total. The zero-order chi connectivity index (χ0) is 7.23. The van der Waals surface area contributed by atoms with Crippen molar-refractivity contribution < 1.29 is 4.74 Å². The van der Waals surface area contributed by atoms with Crippen LogP contribution in [0.15, 0.2) is 6.08 Å². The summed E-state index contributed by atoms with van der Waals surface area (Å²) in [6.07, 6.45) is 1.88. The van der Waals surface area contributed by atoms with Crippen LogP contribution in [-0.4, -0.2) is 42.8 Å². The Labute approximate surface area is 66.5 Å². The lowest BCUT2D eigenvalue weighted by Crippen LogP contribution is -2.36. The van der Waals surface area contributed by atoms with Gasteiger partial charge in [0.25, 0.3) is 0 Å². The van der Waals surface area contributed by atoms with Gasteiger partial charge in [0.15, 0.2) is 0 Å². The highest BCUT2D eigenvalue weighted by Crippen LogP contribution is 1.94. The second-order valence-corrected chi connectivity index (χ2v) is 2.47. The molecule has 3 heteroatoms. The summed E-state index contributed by atoms with van der Waals surface area (Å²) < 4.78 is 5.18. The van der Waals surface area contributed by atoms with E-state index in [0.29, 0.717) is 0 Å². The van der Waals surface area contributed by atoms with Crippen LogP contribution in [0, 0.1) is 0 Å². The quantitative estimate of drug-likeness (QED) is 0.541. The van der Waals surface area contributed by atoms with Gasteiger partial charge in [-0.25, -0.2) is 0 Å². The van der Waals surface area contributed by atoms with E-state index in [9.17, 15) is 0 Å². The summed E-state index contributed by atoms with van der Waals surface area (Å²) in [5.74, 6) is 0. The molecule has 56 valence electrons. The van der Waals surface area contributed by atoms with Gasteiger partial charge in [-0.1, -0.05) is 0 Å². The van der Waals surface area contributed by atoms with Gasteiger partial charge in [0.1, 0.15) is 0 Å². The minimum atomic E-state index is 0.852. The van der Waals surface area contributed by atoms with Crippen LogP contribution in [-0.2, 0) is 4.74 Å². The van der Waals surface area contributed by atoms with E-state index in [0.717, 1.165) is 32.8 Å². The third-order valence-corrected chi connectivity index (χ3v) is 1.70. The monoisotopic (exact) mass is 157 g/mol.